The number of hydrogen-bond donors (Lipinski definition) is 3. The number of amides is 2. The number of carboxylic acid groups (broad SMARTS) is 1. The van der Waals surface area contributed by atoms with E-state index in [9.17, 15) is 19.5 Å². The molecule has 0 aromatic heterocycles. The molecule has 8 heteroatoms. The van der Waals surface area contributed by atoms with Crippen molar-refractivity contribution in [1.29, 1.82) is 0 Å². The lowest BCUT2D eigenvalue weighted by Gasteiger charge is -2.15. The maximum Gasteiger partial charge on any atom is 0.413 e. The third-order valence-corrected chi connectivity index (χ3v) is 3.88. The molecule has 2 amide bonds. The van der Waals surface area contributed by atoms with E-state index in [1.807, 2.05) is 6.07 Å². The fourth-order valence-electron chi connectivity index (χ4n) is 2.31. The van der Waals surface area contributed by atoms with Crippen molar-refractivity contribution in [3.8, 4) is 5.75 Å². The van der Waals surface area contributed by atoms with Crippen LogP contribution in [0.3, 0.4) is 0 Å². The number of carbonyl (C=O) groups excluding carboxylic acids is 2. The van der Waals surface area contributed by atoms with Crippen LogP contribution < -0.4 is 15.4 Å². The summed E-state index contributed by atoms with van der Waals surface area (Å²) >= 11 is 5.83. The summed E-state index contributed by atoms with van der Waals surface area (Å²) in [6, 6.07) is 12.6. The Bertz CT molecular complexity index is 826. The van der Waals surface area contributed by atoms with Crippen LogP contribution in [0.25, 0.3) is 0 Å². The fourth-order valence-corrected chi connectivity index (χ4v) is 2.54. The predicted octanol–water partition coefficient (Wildman–Crippen LogP) is 2.55. The average molecular weight is 391 g/mol. The van der Waals surface area contributed by atoms with Crippen LogP contribution in [-0.2, 0) is 16.0 Å². The SMILES string of the molecule is Cc1cc(Cl)ccc1OC(=O)NCC(=O)N[C@@H](Cc1ccccc1)C(=O)O. The van der Waals surface area contributed by atoms with Crippen LogP contribution in [0.2, 0.25) is 5.02 Å². The molecule has 7 nitrogen and oxygen atoms in total. The summed E-state index contributed by atoms with van der Waals surface area (Å²) in [7, 11) is 0. The molecule has 0 aliphatic rings. The molecule has 142 valence electrons. The van der Waals surface area contributed by atoms with Gasteiger partial charge in [-0.25, -0.2) is 9.59 Å². The van der Waals surface area contributed by atoms with Gasteiger partial charge in [-0.1, -0.05) is 41.9 Å². The zero-order valence-electron chi connectivity index (χ0n) is 14.6. The van der Waals surface area contributed by atoms with E-state index in [1.54, 1.807) is 43.3 Å². The van der Waals surface area contributed by atoms with Crippen molar-refractivity contribution in [3.05, 3.63) is 64.7 Å². The minimum atomic E-state index is -1.16. The third kappa shape index (κ3) is 6.63. The first-order valence-electron chi connectivity index (χ1n) is 8.13. The number of nitrogens with one attached hydrogen (secondary N) is 2. The maximum atomic E-state index is 12.0. The molecule has 0 unspecified atom stereocenters. The Morgan fingerprint density at radius 1 is 1.15 bits per heavy atom. The van der Waals surface area contributed by atoms with Crippen LogP contribution in [0, 0.1) is 6.92 Å². The number of hydrogen-bond acceptors (Lipinski definition) is 4. The van der Waals surface area contributed by atoms with E-state index < -0.39 is 30.6 Å². The van der Waals surface area contributed by atoms with Crippen molar-refractivity contribution in [3.63, 3.8) is 0 Å². The predicted molar refractivity (Wildman–Crippen MR) is 99.9 cm³/mol. The molecule has 1 atom stereocenters. The fraction of sp³-hybridized carbons (Fsp3) is 0.211. The van der Waals surface area contributed by atoms with Gasteiger partial charge in [0.15, 0.2) is 0 Å². The van der Waals surface area contributed by atoms with E-state index in [1.165, 1.54) is 6.07 Å². The van der Waals surface area contributed by atoms with Crippen LogP contribution in [0.4, 0.5) is 4.79 Å². The lowest BCUT2D eigenvalue weighted by Crippen LogP contribution is -2.46. The van der Waals surface area contributed by atoms with Gasteiger partial charge in [-0.2, -0.15) is 0 Å². The van der Waals surface area contributed by atoms with Crippen molar-refractivity contribution in [2.24, 2.45) is 0 Å². The topological polar surface area (TPSA) is 105 Å². The van der Waals surface area contributed by atoms with Gasteiger partial charge in [0.1, 0.15) is 18.3 Å². The highest BCUT2D eigenvalue weighted by Gasteiger charge is 2.20. The van der Waals surface area contributed by atoms with Crippen LogP contribution in [0.1, 0.15) is 11.1 Å². The van der Waals surface area contributed by atoms with Crippen molar-refractivity contribution in [2.75, 3.05) is 6.54 Å². The molecule has 2 rings (SSSR count). The Morgan fingerprint density at radius 3 is 2.48 bits per heavy atom. The Labute approximate surface area is 161 Å². The van der Waals surface area contributed by atoms with Gasteiger partial charge in [-0.15, -0.1) is 0 Å². The molecular formula is C19H19ClN2O5. The molecule has 0 heterocycles. The molecule has 0 saturated carbocycles. The average Bonchev–Trinajstić information content (AvgIpc) is 2.62. The highest BCUT2D eigenvalue weighted by molar-refractivity contribution is 6.30. The van der Waals surface area contributed by atoms with Crippen molar-refractivity contribution >= 4 is 29.6 Å². The Balaban J connectivity index is 1.84. The Morgan fingerprint density at radius 2 is 1.85 bits per heavy atom. The molecule has 2 aromatic carbocycles. The van der Waals surface area contributed by atoms with Crippen molar-refractivity contribution in [2.45, 2.75) is 19.4 Å². The Hall–Kier alpha value is -3.06. The molecule has 0 bridgehead atoms. The lowest BCUT2D eigenvalue weighted by molar-refractivity contribution is -0.141. The molecule has 0 spiro atoms. The lowest BCUT2D eigenvalue weighted by atomic mass is 10.1. The van der Waals surface area contributed by atoms with E-state index >= 15 is 0 Å². The van der Waals surface area contributed by atoms with E-state index in [0.29, 0.717) is 16.3 Å². The van der Waals surface area contributed by atoms with Crippen LogP contribution in [0.5, 0.6) is 5.75 Å². The summed E-state index contributed by atoms with van der Waals surface area (Å²) in [6.45, 7) is 1.31. The van der Waals surface area contributed by atoms with Crippen LogP contribution in [0.15, 0.2) is 48.5 Å². The normalized spacial score (nSPS) is 11.3. The number of aryl methyl sites for hydroxylation is 1. The van der Waals surface area contributed by atoms with Crippen LogP contribution in [-0.4, -0.2) is 35.7 Å². The second kappa shape index (κ2) is 9.59. The van der Waals surface area contributed by atoms with Gasteiger partial charge in [0.25, 0.3) is 0 Å². The third-order valence-electron chi connectivity index (χ3n) is 3.65. The monoisotopic (exact) mass is 390 g/mol. The zero-order chi connectivity index (χ0) is 19.8. The first kappa shape index (κ1) is 20.3. The smallest absolute Gasteiger partial charge is 0.413 e. The highest BCUT2D eigenvalue weighted by atomic mass is 35.5. The molecule has 0 radical (unpaired) electrons. The zero-order valence-corrected chi connectivity index (χ0v) is 15.3. The number of benzene rings is 2. The van der Waals surface area contributed by atoms with Crippen molar-refractivity contribution < 1.29 is 24.2 Å². The van der Waals surface area contributed by atoms with E-state index in [4.69, 9.17) is 16.3 Å². The molecule has 0 fully saturated rings. The van der Waals surface area contributed by atoms with E-state index in [2.05, 4.69) is 10.6 Å². The summed E-state index contributed by atoms with van der Waals surface area (Å²) in [5.41, 5.74) is 1.44. The standard InChI is InChI=1S/C19H19ClN2O5/c1-12-9-14(20)7-8-16(12)27-19(26)21-11-17(23)22-15(18(24)25)10-13-5-3-2-4-6-13/h2-9,15H,10-11H2,1H3,(H,21,26)(H,22,23)(H,24,25)/t15-/m0/s1. The largest absolute Gasteiger partial charge is 0.480 e. The van der Waals surface area contributed by atoms with Gasteiger partial charge < -0.3 is 20.5 Å². The Kier molecular flexibility index (Phi) is 7.19. The summed E-state index contributed by atoms with van der Waals surface area (Å²) < 4.78 is 5.09. The summed E-state index contributed by atoms with van der Waals surface area (Å²) in [5, 5.41) is 14.4. The van der Waals surface area contributed by atoms with Gasteiger partial charge in [0, 0.05) is 11.4 Å². The van der Waals surface area contributed by atoms with Gasteiger partial charge in [0.2, 0.25) is 5.91 Å². The summed E-state index contributed by atoms with van der Waals surface area (Å²) in [5.74, 6) is -1.49. The van der Waals surface area contributed by atoms with E-state index in [0.717, 1.165) is 5.56 Å². The summed E-state index contributed by atoms with van der Waals surface area (Å²) in [6.07, 6.45) is -0.693. The van der Waals surface area contributed by atoms with Gasteiger partial charge in [-0.3, -0.25) is 4.79 Å². The minimum absolute atomic E-state index is 0.135. The highest BCUT2D eigenvalue weighted by Crippen LogP contribution is 2.21. The molecule has 0 aliphatic heterocycles. The molecule has 3 N–H and O–H groups in total. The second-order valence-electron chi connectivity index (χ2n) is 5.80. The molecule has 0 aliphatic carbocycles. The number of aliphatic carboxylic acids is 1. The molecule has 27 heavy (non-hydrogen) atoms. The maximum absolute atomic E-state index is 12.0. The molecular weight excluding hydrogens is 372 g/mol. The number of carboxylic acids is 1. The number of ether oxygens (including phenoxy) is 1. The van der Waals surface area contributed by atoms with Gasteiger partial charge in [-0.05, 0) is 36.2 Å². The van der Waals surface area contributed by atoms with Crippen molar-refractivity contribution in [1.82, 2.24) is 10.6 Å². The van der Waals surface area contributed by atoms with E-state index in [-0.39, 0.29) is 6.42 Å². The quantitative estimate of drug-likeness (QED) is 0.673. The molecule has 2 aromatic rings. The number of halogens is 1. The summed E-state index contributed by atoms with van der Waals surface area (Å²) in [4.78, 5) is 35.1. The van der Waals surface area contributed by atoms with Gasteiger partial charge in [0.05, 0.1) is 0 Å². The second-order valence-corrected chi connectivity index (χ2v) is 6.24. The molecule has 0 saturated heterocycles. The number of carbonyl (C=O) groups is 3. The first-order valence-corrected chi connectivity index (χ1v) is 8.51. The van der Waals surface area contributed by atoms with Crippen LogP contribution >= 0.6 is 11.6 Å². The number of rotatable bonds is 7. The minimum Gasteiger partial charge on any atom is -0.480 e. The first-order chi connectivity index (χ1) is 12.8. The van der Waals surface area contributed by atoms with Gasteiger partial charge >= 0.3 is 12.1 Å².